The van der Waals surface area contributed by atoms with Gasteiger partial charge in [-0.3, -0.25) is 19.2 Å². The molecule has 10 heteroatoms. The zero-order valence-electron chi connectivity index (χ0n) is 22.7. The number of piperazine rings is 1. The number of hydrogen-bond donors (Lipinski definition) is 3. The molecular weight excluding hydrogens is 537 g/mol. The second-order valence-electron chi connectivity index (χ2n) is 10.2. The Kier molecular flexibility index (Phi) is 7.26. The molecule has 0 bridgehead atoms. The van der Waals surface area contributed by atoms with Crippen LogP contribution in [0.5, 0.6) is 0 Å². The predicted molar refractivity (Wildman–Crippen MR) is 156 cm³/mol. The maximum Gasteiger partial charge on any atom is 0.295 e. The van der Waals surface area contributed by atoms with Gasteiger partial charge in [-0.15, -0.1) is 0 Å². The van der Waals surface area contributed by atoms with Gasteiger partial charge in [-0.05, 0) is 42.3 Å². The summed E-state index contributed by atoms with van der Waals surface area (Å²) in [5.41, 5.74) is 2.81. The number of benzene rings is 3. The highest BCUT2D eigenvalue weighted by Crippen LogP contribution is 2.26. The highest BCUT2D eigenvalue weighted by atomic mass is 19.1. The van der Waals surface area contributed by atoms with Crippen LogP contribution in [0.1, 0.15) is 36.6 Å². The van der Waals surface area contributed by atoms with E-state index in [0.717, 1.165) is 22.5 Å². The standard InChI is InChI=1S/C32H28FN5O4/c33-25-11-10-23(30(40)34-13-12-21-18-35-26-9-5-4-8-22(21)26)28-27(25)24(19-36-28)29(39)32(42)38-16-14-37(15-17-38)31(41)20-6-2-1-3-7-20/h1-11,18-19,35-36H,12-17H2,(H,34,40). The van der Waals surface area contributed by atoms with Crippen molar-refractivity contribution in [3.63, 3.8) is 0 Å². The number of para-hydroxylation sites is 1. The van der Waals surface area contributed by atoms with Crippen LogP contribution in [0.25, 0.3) is 21.8 Å². The normalized spacial score (nSPS) is 13.5. The summed E-state index contributed by atoms with van der Waals surface area (Å²) in [4.78, 5) is 61.2. The summed E-state index contributed by atoms with van der Waals surface area (Å²) in [6.45, 7) is 1.26. The highest BCUT2D eigenvalue weighted by Gasteiger charge is 2.31. The first-order valence-electron chi connectivity index (χ1n) is 13.7. The number of ketones is 1. The lowest BCUT2D eigenvalue weighted by Gasteiger charge is -2.34. The summed E-state index contributed by atoms with van der Waals surface area (Å²) in [5.74, 6) is -2.93. The van der Waals surface area contributed by atoms with E-state index in [1.165, 1.54) is 17.2 Å². The molecule has 0 atom stereocenters. The van der Waals surface area contributed by atoms with Crippen molar-refractivity contribution in [2.45, 2.75) is 6.42 Å². The smallest absolute Gasteiger partial charge is 0.295 e. The van der Waals surface area contributed by atoms with Crippen molar-refractivity contribution in [1.29, 1.82) is 0 Å². The first kappa shape index (κ1) is 26.9. The van der Waals surface area contributed by atoms with Crippen LogP contribution in [0.15, 0.2) is 79.1 Å². The predicted octanol–water partition coefficient (Wildman–Crippen LogP) is 3.93. The fraction of sp³-hybridized carbons (Fsp3) is 0.188. The van der Waals surface area contributed by atoms with Gasteiger partial charge in [0.1, 0.15) is 5.82 Å². The average molecular weight is 566 g/mol. The third-order valence-electron chi connectivity index (χ3n) is 7.70. The van der Waals surface area contributed by atoms with Crippen LogP contribution < -0.4 is 5.32 Å². The van der Waals surface area contributed by atoms with E-state index in [0.29, 0.717) is 18.5 Å². The number of carbonyl (C=O) groups excluding carboxylic acids is 4. The lowest BCUT2D eigenvalue weighted by Crippen LogP contribution is -2.52. The fourth-order valence-electron chi connectivity index (χ4n) is 5.45. The molecule has 0 radical (unpaired) electrons. The second kappa shape index (κ2) is 11.3. The fourth-order valence-corrected chi connectivity index (χ4v) is 5.45. The highest BCUT2D eigenvalue weighted by molar-refractivity contribution is 6.45. The van der Waals surface area contributed by atoms with E-state index in [1.807, 2.05) is 36.5 Å². The zero-order valence-corrected chi connectivity index (χ0v) is 22.7. The Balaban J connectivity index is 1.12. The number of nitrogens with one attached hydrogen (secondary N) is 3. The van der Waals surface area contributed by atoms with Crippen LogP contribution in [-0.2, 0) is 11.2 Å². The molecule has 3 amide bonds. The molecule has 0 saturated carbocycles. The van der Waals surface area contributed by atoms with Gasteiger partial charge in [-0.1, -0.05) is 36.4 Å². The molecule has 3 N–H and O–H groups in total. The number of Topliss-reactive ketones (excluding diaryl/α,β-unsaturated/α-hetero) is 1. The Morgan fingerprint density at radius 1 is 0.786 bits per heavy atom. The first-order valence-corrected chi connectivity index (χ1v) is 13.7. The molecular formula is C32H28FN5O4. The Hall–Kier alpha value is -5.25. The molecule has 212 valence electrons. The van der Waals surface area contributed by atoms with E-state index in [4.69, 9.17) is 0 Å². The number of H-pyrrole nitrogens is 2. The SMILES string of the molecule is O=C(NCCc1c[nH]c2ccccc12)c1ccc(F)c2c(C(=O)C(=O)N3CCN(C(=O)c4ccccc4)CC3)c[nH]c12. The number of aromatic amines is 2. The van der Waals surface area contributed by atoms with Gasteiger partial charge in [0.25, 0.3) is 23.5 Å². The van der Waals surface area contributed by atoms with E-state index in [1.54, 1.807) is 29.2 Å². The van der Waals surface area contributed by atoms with Crippen LogP contribution in [0.4, 0.5) is 4.39 Å². The molecule has 42 heavy (non-hydrogen) atoms. The third kappa shape index (κ3) is 5.03. The maximum atomic E-state index is 15.0. The van der Waals surface area contributed by atoms with Gasteiger partial charge >= 0.3 is 0 Å². The van der Waals surface area contributed by atoms with Gasteiger partial charge < -0.3 is 25.1 Å². The van der Waals surface area contributed by atoms with Gasteiger partial charge in [0.2, 0.25) is 0 Å². The Morgan fingerprint density at radius 2 is 1.50 bits per heavy atom. The van der Waals surface area contributed by atoms with Crippen molar-refractivity contribution in [2.24, 2.45) is 0 Å². The minimum absolute atomic E-state index is 0.101. The molecule has 0 unspecified atom stereocenters. The molecule has 0 aliphatic carbocycles. The zero-order chi connectivity index (χ0) is 29.2. The van der Waals surface area contributed by atoms with Crippen molar-refractivity contribution in [3.05, 3.63) is 107 Å². The number of hydrogen-bond acceptors (Lipinski definition) is 4. The molecule has 1 saturated heterocycles. The Labute approximate surface area is 240 Å². The van der Waals surface area contributed by atoms with Gasteiger partial charge in [0, 0.05) is 67.0 Å². The molecule has 3 heterocycles. The summed E-state index contributed by atoms with van der Waals surface area (Å²) in [6, 6.07) is 19.2. The minimum Gasteiger partial charge on any atom is -0.361 e. The van der Waals surface area contributed by atoms with Crippen molar-refractivity contribution < 1.29 is 23.6 Å². The number of rotatable bonds is 7. The number of halogens is 1. The number of fused-ring (bicyclic) bond motifs is 2. The van der Waals surface area contributed by atoms with E-state index in [-0.39, 0.29) is 54.1 Å². The summed E-state index contributed by atoms with van der Waals surface area (Å²) in [6.07, 6.45) is 3.77. The van der Waals surface area contributed by atoms with Crippen molar-refractivity contribution in [1.82, 2.24) is 25.1 Å². The quantitative estimate of drug-likeness (QED) is 0.205. The topological polar surface area (TPSA) is 118 Å². The number of amides is 3. The lowest BCUT2D eigenvalue weighted by molar-refractivity contribution is -0.127. The molecule has 9 nitrogen and oxygen atoms in total. The van der Waals surface area contributed by atoms with Gasteiger partial charge in [0.05, 0.1) is 16.6 Å². The molecule has 1 aliphatic heterocycles. The number of nitrogens with zero attached hydrogens (tertiary/aromatic N) is 2. The molecule has 1 fully saturated rings. The Bertz CT molecular complexity index is 1820. The van der Waals surface area contributed by atoms with Gasteiger partial charge in [-0.25, -0.2) is 4.39 Å². The first-order chi connectivity index (χ1) is 20.4. The van der Waals surface area contributed by atoms with Crippen LogP contribution >= 0.6 is 0 Å². The summed E-state index contributed by atoms with van der Waals surface area (Å²) in [7, 11) is 0. The second-order valence-corrected chi connectivity index (χ2v) is 10.2. The molecule has 3 aromatic carbocycles. The summed E-state index contributed by atoms with van der Waals surface area (Å²) < 4.78 is 15.0. The van der Waals surface area contributed by atoms with Gasteiger partial charge in [0.15, 0.2) is 0 Å². The van der Waals surface area contributed by atoms with Crippen molar-refractivity contribution in [3.8, 4) is 0 Å². The third-order valence-corrected chi connectivity index (χ3v) is 7.70. The van der Waals surface area contributed by atoms with Crippen LogP contribution in [0, 0.1) is 5.82 Å². The minimum atomic E-state index is -0.875. The largest absolute Gasteiger partial charge is 0.361 e. The molecule has 2 aromatic heterocycles. The van der Waals surface area contributed by atoms with E-state index >= 15 is 4.39 Å². The molecule has 5 aromatic rings. The lowest BCUT2D eigenvalue weighted by atomic mass is 10.0. The average Bonchev–Trinajstić information content (AvgIpc) is 3.66. The molecule has 0 spiro atoms. The molecule has 1 aliphatic rings. The monoisotopic (exact) mass is 565 g/mol. The Morgan fingerprint density at radius 3 is 2.29 bits per heavy atom. The van der Waals surface area contributed by atoms with E-state index in [2.05, 4.69) is 15.3 Å². The van der Waals surface area contributed by atoms with Crippen LogP contribution in [0.2, 0.25) is 0 Å². The van der Waals surface area contributed by atoms with Crippen molar-refractivity contribution in [2.75, 3.05) is 32.7 Å². The van der Waals surface area contributed by atoms with E-state index < -0.39 is 23.4 Å². The number of aromatic nitrogens is 2. The molecule has 6 rings (SSSR count). The van der Waals surface area contributed by atoms with Crippen LogP contribution in [0.3, 0.4) is 0 Å². The summed E-state index contributed by atoms with van der Waals surface area (Å²) in [5, 5.41) is 3.84. The van der Waals surface area contributed by atoms with Crippen molar-refractivity contribution >= 4 is 45.3 Å². The van der Waals surface area contributed by atoms with E-state index in [9.17, 15) is 19.2 Å². The van der Waals surface area contributed by atoms with Crippen LogP contribution in [-0.4, -0.2) is 76.0 Å². The number of carbonyl (C=O) groups is 4. The summed E-state index contributed by atoms with van der Waals surface area (Å²) >= 11 is 0. The maximum absolute atomic E-state index is 15.0. The van der Waals surface area contributed by atoms with Gasteiger partial charge in [-0.2, -0.15) is 0 Å².